The molecule has 0 amide bonds. The van der Waals surface area contributed by atoms with Crippen LogP contribution in [0.5, 0.6) is 0 Å². The minimum absolute atomic E-state index is 0.456. The van der Waals surface area contributed by atoms with Crippen molar-refractivity contribution >= 4 is 5.69 Å². The van der Waals surface area contributed by atoms with E-state index >= 15 is 0 Å². The van der Waals surface area contributed by atoms with Gasteiger partial charge in [-0.2, -0.15) is 0 Å². The molecule has 0 spiro atoms. The normalized spacial score (nSPS) is 18.5. The summed E-state index contributed by atoms with van der Waals surface area (Å²) >= 11 is 0. The Bertz CT molecular complexity index is 375. The Labute approximate surface area is 122 Å². The van der Waals surface area contributed by atoms with Gasteiger partial charge in [0.2, 0.25) is 0 Å². The summed E-state index contributed by atoms with van der Waals surface area (Å²) in [6, 6.07) is 5.25. The molecule has 1 aliphatic heterocycles. The second-order valence-electron chi connectivity index (χ2n) is 5.94. The van der Waals surface area contributed by atoms with E-state index in [0.717, 1.165) is 19.7 Å². The van der Waals surface area contributed by atoms with Gasteiger partial charge in [0.1, 0.15) is 0 Å². The minimum Gasteiger partial charge on any atom is -0.383 e. The molecule has 20 heavy (non-hydrogen) atoms. The third kappa shape index (κ3) is 4.18. The Morgan fingerprint density at radius 3 is 2.50 bits per heavy atom. The third-order valence-electron chi connectivity index (χ3n) is 4.12. The summed E-state index contributed by atoms with van der Waals surface area (Å²) in [5.41, 5.74) is 1.29. The van der Waals surface area contributed by atoms with Gasteiger partial charge in [-0.1, -0.05) is 13.8 Å². The van der Waals surface area contributed by atoms with Crippen LogP contribution < -0.4 is 10.2 Å². The van der Waals surface area contributed by atoms with Crippen LogP contribution in [0.1, 0.15) is 26.7 Å². The molecule has 112 valence electrons. The Balaban J connectivity index is 1.82. The van der Waals surface area contributed by atoms with E-state index < -0.39 is 0 Å². The Kier molecular flexibility index (Phi) is 5.80. The molecule has 0 saturated carbocycles. The highest BCUT2D eigenvalue weighted by Gasteiger charge is 2.23. The highest BCUT2D eigenvalue weighted by atomic mass is 16.5. The molecule has 0 aliphatic carbocycles. The lowest BCUT2D eigenvalue weighted by atomic mass is 9.99. The van der Waals surface area contributed by atoms with Gasteiger partial charge in [-0.05, 0) is 30.9 Å². The van der Waals surface area contributed by atoms with Crippen LogP contribution in [0.25, 0.3) is 0 Å². The molecule has 1 aliphatic rings. The van der Waals surface area contributed by atoms with E-state index in [1.54, 1.807) is 7.11 Å². The third-order valence-corrected chi connectivity index (χ3v) is 4.12. The first-order chi connectivity index (χ1) is 9.70. The number of nitrogens with zero attached hydrogens (tertiary/aromatic N) is 2. The van der Waals surface area contributed by atoms with Crippen LogP contribution >= 0.6 is 0 Å². The van der Waals surface area contributed by atoms with Crippen LogP contribution in [0.4, 0.5) is 5.69 Å². The molecule has 1 aromatic heterocycles. The molecule has 1 saturated heterocycles. The van der Waals surface area contributed by atoms with Crippen LogP contribution in [-0.4, -0.2) is 43.9 Å². The topological polar surface area (TPSA) is 37.4 Å². The van der Waals surface area contributed by atoms with E-state index in [2.05, 4.69) is 41.2 Å². The molecule has 0 aromatic carbocycles. The first kappa shape index (κ1) is 15.3. The lowest BCUT2D eigenvalue weighted by Crippen LogP contribution is -2.49. The van der Waals surface area contributed by atoms with Gasteiger partial charge in [0.15, 0.2) is 0 Å². The van der Waals surface area contributed by atoms with Gasteiger partial charge in [-0.3, -0.25) is 4.98 Å². The van der Waals surface area contributed by atoms with E-state index in [1.165, 1.54) is 18.5 Å². The van der Waals surface area contributed by atoms with Crippen molar-refractivity contribution in [3.63, 3.8) is 0 Å². The lowest BCUT2D eigenvalue weighted by Gasteiger charge is -2.36. The molecule has 1 aromatic rings. The van der Waals surface area contributed by atoms with Crippen molar-refractivity contribution in [3.05, 3.63) is 24.5 Å². The number of nitrogens with one attached hydrogen (secondary N) is 1. The molecular weight excluding hydrogens is 250 g/mol. The summed E-state index contributed by atoms with van der Waals surface area (Å²) in [5, 5.41) is 3.76. The maximum atomic E-state index is 5.32. The van der Waals surface area contributed by atoms with Gasteiger partial charge in [-0.15, -0.1) is 0 Å². The van der Waals surface area contributed by atoms with E-state index in [-0.39, 0.29) is 0 Å². The standard InChI is InChI=1S/C16H27N3O/c1-13(2)16(12-20-3)18-14-6-10-19(11-7-14)15-4-8-17-9-5-15/h4-5,8-9,13-14,16,18H,6-7,10-12H2,1-3H3. The van der Waals surface area contributed by atoms with Gasteiger partial charge in [0.25, 0.3) is 0 Å². The molecule has 1 unspecified atom stereocenters. The Hall–Kier alpha value is -1.13. The number of anilines is 1. The fourth-order valence-electron chi connectivity index (χ4n) is 2.77. The zero-order chi connectivity index (χ0) is 14.4. The summed E-state index contributed by atoms with van der Waals surface area (Å²) < 4.78 is 5.32. The second kappa shape index (κ2) is 7.60. The van der Waals surface area contributed by atoms with E-state index in [4.69, 9.17) is 4.74 Å². The van der Waals surface area contributed by atoms with Gasteiger partial charge in [0, 0.05) is 50.4 Å². The molecular formula is C16H27N3O. The minimum atomic E-state index is 0.456. The Morgan fingerprint density at radius 1 is 1.30 bits per heavy atom. The molecule has 1 N–H and O–H groups in total. The van der Waals surface area contributed by atoms with Gasteiger partial charge in [0.05, 0.1) is 6.61 Å². The number of hydrogen-bond donors (Lipinski definition) is 1. The summed E-state index contributed by atoms with van der Waals surface area (Å²) in [7, 11) is 1.78. The van der Waals surface area contributed by atoms with Crippen LogP contribution in [0, 0.1) is 5.92 Å². The van der Waals surface area contributed by atoms with Gasteiger partial charge >= 0.3 is 0 Å². The van der Waals surface area contributed by atoms with Crippen molar-refractivity contribution < 1.29 is 4.74 Å². The van der Waals surface area contributed by atoms with Crippen LogP contribution in [0.15, 0.2) is 24.5 Å². The predicted molar refractivity (Wildman–Crippen MR) is 83.1 cm³/mol. The summed E-state index contributed by atoms with van der Waals surface area (Å²) in [5.74, 6) is 0.605. The van der Waals surface area contributed by atoms with Crippen molar-refractivity contribution in [2.24, 2.45) is 5.92 Å². The number of aromatic nitrogens is 1. The number of methoxy groups -OCH3 is 1. The fraction of sp³-hybridized carbons (Fsp3) is 0.688. The summed E-state index contributed by atoms with van der Waals surface area (Å²) in [6.07, 6.45) is 6.12. The molecule has 1 fully saturated rings. The number of piperidine rings is 1. The largest absolute Gasteiger partial charge is 0.383 e. The van der Waals surface area contributed by atoms with E-state index in [9.17, 15) is 0 Å². The predicted octanol–water partition coefficient (Wildman–Crippen LogP) is 2.31. The van der Waals surface area contributed by atoms with Crippen molar-refractivity contribution in [1.82, 2.24) is 10.3 Å². The number of pyridine rings is 1. The van der Waals surface area contributed by atoms with Crippen LogP contribution in [0.2, 0.25) is 0 Å². The zero-order valence-electron chi connectivity index (χ0n) is 12.9. The highest BCUT2D eigenvalue weighted by molar-refractivity contribution is 5.44. The highest BCUT2D eigenvalue weighted by Crippen LogP contribution is 2.19. The summed E-state index contributed by atoms with van der Waals surface area (Å²) in [6.45, 7) is 7.52. The number of rotatable bonds is 6. The van der Waals surface area contributed by atoms with E-state index in [0.29, 0.717) is 18.0 Å². The van der Waals surface area contributed by atoms with Crippen molar-refractivity contribution in [3.8, 4) is 0 Å². The maximum absolute atomic E-state index is 5.32. The molecule has 0 radical (unpaired) electrons. The molecule has 2 rings (SSSR count). The average molecular weight is 277 g/mol. The fourth-order valence-corrected chi connectivity index (χ4v) is 2.77. The van der Waals surface area contributed by atoms with Crippen LogP contribution in [0.3, 0.4) is 0 Å². The summed E-state index contributed by atoms with van der Waals surface area (Å²) in [4.78, 5) is 6.53. The van der Waals surface area contributed by atoms with Crippen LogP contribution in [-0.2, 0) is 4.74 Å². The zero-order valence-corrected chi connectivity index (χ0v) is 12.9. The number of hydrogen-bond acceptors (Lipinski definition) is 4. The van der Waals surface area contributed by atoms with E-state index in [1.807, 2.05) is 12.4 Å². The SMILES string of the molecule is COCC(NC1CCN(c2ccncc2)CC1)C(C)C. The molecule has 4 heteroatoms. The monoisotopic (exact) mass is 277 g/mol. The molecule has 1 atom stereocenters. The smallest absolute Gasteiger partial charge is 0.0618 e. The Morgan fingerprint density at radius 2 is 1.95 bits per heavy atom. The molecule has 4 nitrogen and oxygen atoms in total. The quantitative estimate of drug-likeness (QED) is 0.866. The lowest BCUT2D eigenvalue weighted by molar-refractivity contribution is 0.137. The van der Waals surface area contributed by atoms with Crippen molar-refractivity contribution in [2.45, 2.75) is 38.8 Å². The first-order valence-electron chi connectivity index (χ1n) is 7.60. The molecule has 0 bridgehead atoms. The second-order valence-corrected chi connectivity index (χ2v) is 5.94. The maximum Gasteiger partial charge on any atom is 0.0618 e. The van der Waals surface area contributed by atoms with Gasteiger partial charge in [-0.25, -0.2) is 0 Å². The van der Waals surface area contributed by atoms with Gasteiger partial charge < -0.3 is 15.0 Å². The first-order valence-corrected chi connectivity index (χ1v) is 7.60. The van der Waals surface area contributed by atoms with Crippen molar-refractivity contribution in [2.75, 3.05) is 31.7 Å². The number of ether oxygens (including phenoxy) is 1. The average Bonchev–Trinajstić information content (AvgIpc) is 2.48. The van der Waals surface area contributed by atoms with Crippen molar-refractivity contribution in [1.29, 1.82) is 0 Å². The molecule has 2 heterocycles.